The van der Waals surface area contributed by atoms with Crippen LogP contribution in [0.2, 0.25) is 0 Å². The summed E-state index contributed by atoms with van der Waals surface area (Å²) in [6.07, 6.45) is 0. The van der Waals surface area contributed by atoms with Crippen LogP contribution < -0.4 is 10.1 Å². The van der Waals surface area contributed by atoms with E-state index in [0.717, 1.165) is 6.07 Å². The van der Waals surface area contributed by atoms with E-state index in [0.29, 0.717) is 11.4 Å². The lowest BCUT2D eigenvalue weighted by Crippen LogP contribution is -2.15. The Balaban J connectivity index is 2.10. The largest absolute Gasteiger partial charge is 0.496 e. The van der Waals surface area contributed by atoms with Crippen LogP contribution in [0.3, 0.4) is 0 Å². The monoisotopic (exact) mass is 277 g/mol. The number of benzene rings is 2. The molecule has 3 nitrogen and oxygen atoms in total. The van der Waals surface area contributed by atoms with Crippen molar-refractivity contribution < 1.29 is 18.3 Å². The van der Waals surface area contributed by atoms with Gasteiger partial charge in [0.05, 0.1) is 19.2 Å². The lowest BCUT2D eigenvalue weighted by molar-refractivity contribution is 0.100. The number of rotatable bonds is 5. The summed E-state index contributed by atoms with van der Waals surface area (Å²) < 4.78 is 31.2. The maximum atomic E-state index is 13.2. The highest BCUT2D eigenvalue weighted by molar-refractivity contribution is 6.01. The Kier molecular flexibility index (Phi) is 4.30. The summed E-state index contributed by atoms with van der Waals surface area (Å²) in [6, 6.07) is 9.48. The quantitative estimate of drug-likeness (QED) is 0.852. The number of halogens is 2. The molecule has 20 heavy (non-hydrogen) atoms. The summed E-state index contributed by atoms with van der Waals surface area (Å²) in [5.74, 6) is -0.950. The van der Waals surface area contributed by atoms with Crippen LogP contribution in [0.4, 0.5) is 14.5 Å². The zero-order valence-corrected chi connectivity index (χ0v) is 10.8. The Labute approximate surface area is 115 Å². The number of anilines is 1. The normalized spacial score (nSPS) is 10.2. The molecule has 1 N–H and O–H groups in total. The van der Waals surface area contributed by atoms with Crippen molar-refractivity contribution in [3.63, 3.8) is 0 Å². The number of hydrogen-bond acceptors (Lipinski definition) is 3. The second-order valence-corrected chi connectivity index (χ2v) is 4.13. The van der Waals surface area contributed by atoms with Crippen molar-refractivity contribution in [2.75, 3.05) is 19.0 Å². The summed E-state index contributed by atoms with van der Waals surface area (Å²) in [5.41, 5.74) is 0.630. The summed E-state index contributed by atoms with van der Waals surface area (Å²) in [7, 11) is 1.41. The Morgan fingerprint density at radius 2 is 1.90 bits per heavy atom. The molecule has 0 radical (unpaired) electrons. The van der Waals surface area contributed by atoms with Gasteiger partial charge in [0, 0.05) is 5.69 Å². The SMILES string of the molecule is COc1ccc(F)cc1C(=O)CNc1cccc(F)c1. The van der Waals surface area contributed by atoms with Gasteiger partial charge in [-0.15, -0.1) is 0 Å². The van der Waals surface area contributed by atoms with Crippen molar-refractivity contribution in [3.05, 3.63) is 59.7 Å². The number of methoxy groups -OCH3 is 1. The summed E-state index contributed by atoms with van der Waals surface area (Å²) in [6.45, 7) is -0.0801. The van der Waals surface area contributed by atoms with Gasteiger partial charge in [-0.25, -0.2) is 8.78 Å². The van der Waals surface area contributed by atoms with Gasteiger partial charge in [-0.2, -0.15) is 0 Å². The van der Waals surface area contributed by atoms with Gasteiger partial charge in [-0.3, -0.25) is 4.79 Å². The predicted octanol–water partition coefficient (Wildman–Crippen LogP) is 3.27. The Bertz CT molecular complexity index is 629. The van der Waals surface area contributed by atoms with Crippen LogP contribution in [0.15, 0.2) is 42.5 Å². The van der Waals surface area contributed by atoms with Gasteiger partial charge in [-0.05, 0) is 36.4 Å². The molecule has 0 amide bonds. The minimum atomic E-state index is -0.514. The van der Waals surface area contributed by atoms with Crippen LogP contribution in [0, 0.1) is 11.6 Å². The highest BCUT2D eigenvalue weighted by atomic mass is 19.1. The van der Waals surface area contributed by atoms with E-state index < -0.39 is 11.6 Å². The summed E-state index contributed by atoms with van der Waals surface area (Å²) in [5, 5.41) is 2.79. The van der Waals surface area contributed by atoms with E-state index in [-0.39, 0.29) is 17.9 Å². The summed E-state index contributed by atoms with van der Waals surface area (Å²) in [4.78, 5) is 12.0. The molecule has 0 aliphatic heterocycles. The Morgan fingerprint density at radius 1 is 1.15 bits per heavy atom. The molecule has 0 unspecified atom stereocenters. The summed E-state index contributed by atoms with van der Waals surface area (Å²) >= 11 is 0. The van der Waals surface area contributed by atoms with Crippen molar-refractivity contribution in [2.24, 2.45) is 0 Å². The fourth-order valence-electron chi connectivity index (χ4n) is 1.77. The van der Waals surface area contributed by atoms with Gasteiger partial charge >= 0.3 is 0 Å². The molecule has 0 aliphatic rings. The minimum Gasteiger partial charge on any atom is -0.496 e. The molecular weight excluding hydrogens is 264 g/mol. The fourth-order valence-corrected chi connectivity index (χ4v) is 1.77. The van der Waals surface area contributed by atoms with Crippen molar-refractivity contribution >= 4 is 11.5 Å². The fraction of sp³-hybridized carbons (Fsp3) is 0.133. The average Bonchev–Trinajstić information content (AvgIpc) is 2.45. The number of nitrogens with one attached hydrogen (secondary N) is 1. The maximum Gasteiger partial charge on any atom is 0.185 e. The van der Waals surface area contributed by atoms with E-state index in [2.05, 4.69) is 5.32 Å². The molecular formula is C15H13F2NO2. The molecule has 5 heteroatoms. The zero-order valence-electron chi connectivity index (χ0n) is 10.8. The number of carbonyl (C=O) groups excluding carboxylic acids is 1. The molecule has 2 aromatic carbocycles. The lowest BCUT2D eigenvalue weighted by Gasteiger charge is -2.09. The van der Waals surface area contributed by atoms with E-state index in [1.807, 2.05) is 0 Å². The Morgan fingerprint density at radius 3 is 2.60 bits per heavy atom. The molecule has 104 valence electrons. The number of carbonyl (C=O) groups is 1. The van der Waals surface area contributed by atoms with Crippen LogP contribution in [0.1, 0.15) is 10.4 Å². The minimum absolute atomic E-state index is 0.0801. The van der Waals surface area contributed by atoms with Gasteiger partial charge in [0.1, 0.15) is 17.4 Å². The van der Waals surface area contributed by atoms with Crippen molar-refractivity contribution in [2.45, 2.75) is 0 Å². The van der Waals surface area contributed by atoms with E-state index in [4.69, 9.17) is 4.74 Å². The molecule has 2 rings (SSSR count). The molecule has 0 aromatic heterocycles. The third-order valence-corrected chi connectivity index (χ3v) is 2.74. The van der Waals surface area contributed by atoms with E-state index >= 15 is 0 Å². The first kappa shape index (κ1) is 14.0. The highest BCUT2D eigenvalue weighted by Gasteiger charge is 2.13. The van der Waals surface area contributed by atoms with Crippen molar-refractivity contribution in [1.29, 1.82) is 0 Å². The van der Waals surface area contributed by atoms with E-state index in [1.54, 1.807) is 6.07 Å². The van der Waals surface area contributed by atoms with E-state index in [9.17, 15) is 13.6 Å². The van der Waals surface area contributed by atoms with Gasteiger partial charge in [-0.1, -0.05) is 6.07 Å². The first-order valence-electron chi connectivity index (χ1n) is 5.96. The number of hydrogen-bond donors (Lipinski definition) is 1. The molecule has 2 aromatic rings. The van der Waals surface area contributed by atoms with Crippen LogP contribution in [-0.2, 0) is 0 Å². The molecule has 0 aliphatic carbocycles. The maximum absolute atomic E-state index is 13.2. The third kappa shape index (κ3) is 3.32. The molecule has 0 atom stereocenters. The van der Waals surface area contributed by atoms with Crippen molar-refractivity contribution in [3.8, 4) is 5.75 Å². The molecule has 0 spiro atoms. The number of ketones is 1. The van der Waals surface area contributed by atoms with Gasteiger partial charge in [0.15, 0.2) is 5.78 Å². The number of Topliss-reactive ketones (excluding diaryl/α,β-unsaturated/α-hetero) is 1. The molecule has 0 saturated carbocycles. The third-order valence-electron chi connectivity index (χ3n) is 2.74. The molecule has 0 saturated heterocycles. The van der Waals surface area contributed by atoms with E-state index in [1.165, 1.54) is 37.4 Å². The topological polar surface area (TPSA) is 38.3 Å². The Hall–Kier alpha value is -2.43. The van der Waals surface area contributed by atoms with Crippen molar-refractivity contribution in [1.82, 2.24) is 0 Å². The van der Waals surface area contributed by atoms with Crippen LogP contribution in [0.5, 0.6) is 5.75 Å². The standard InChI is InChI=1S/C15H13F2NO2/c1-20-15-6-5-11(17)8-13(15)14(19)9-18-12-4-2-3-10(16)7-12/h2-8,18H,9H2,1H3. The van der Waals surface area contributed by atoms with Gasteiger partial charge in [0.2, 0.25) is 0 Å². The zero-order chi connectivity index (χ0) is 14.5. The first-order chi connectivity index (χ1) is 9.60. The van der Waals surface area contributed by atoms with Crippen LogP contribution >= 0.6 is 0 Å². The average molecular weight is 277 g/mol. The molecule has 0 bridgehead atoms. The van der Waals surface area contributed by atoms with Crippen LogP contribution in [0.25, 0.3) is 0 Å². The van der Waals surface area contributed by atoms with Gasteiger partial charge in [0.25, 0.3) is 0 Å². The second kappa shape index (κ2) is 6.14. The second-order valence-electron chi connectivity index (χ2n) is 4.13. The first-order valence-corrected chi connectivity index (χ1v) is 5.96. The predicted molar refractivity (Wildman–Crippen MR) is 72.2 cm³/mol. The number of ether oxygens (including phenoxy) is 1. The highest BCUT2D eigenvalue weighted by Crippen LogP contribution is 2.20. The molecule has 0 heterocycles. The smallest absolute Gasteiger partial charge is 0.185 e. The van der Waals surface area contributed by atoms with Gasteiger partial charge < -0.3 is 10.1 Å². The lowest BCUT2D eigenvalue weighted by atomic mass is 10.1. The van der Waals surface area contributed by atoms with Crippen LogP contribution in [-0.4, -0.2) is 19.4 Å². The molecule has 0 fully saturated rings.